The molecule has 2 aromatic carbocycles. The summed E-state index contributed by atoms with van der Waals surface area (Å²) in [5, 5.41) is 25.0. The molecular formula is C27H29N5O10. The Morgan fingerprint density at radius 3 is 2.05 bits per heavy atom. The van der Waals surface area contributed by atoms with Gasteiger partial charge in [0.05, 0.1) is 15.9 Å². The summed E-state index contributed by atoms with van der Waals surface area (Å²) >= 11 is 0. The molecule has 0 bridgehead atoms. The second kappa shape index (κ2) is 13.2. The number of likely N-dealkylation sites (tertiary alicyclic amines) is 1. The number of benzene rings is 2. The topological polar surface area (TPSA) is 192 Å². The second-order valence-corrected chi connectivity index (χ2v) is 9.85. The summed E-state index contributed by atoms with van der Waals surface area (Å²) < 4.78 is 11.0. The number of hydrogen-bond donors (Lipinski definition) is 1. The zero-order valence-corrected chi connectivity index (χ0v) is 22.5. The number of carbonyl (C=O) groups is 4. The maximum absolute atomic E-state index is 14.2. The molecule has 15 heteroatoms. The molecule has 4 rings (SSSR count). The Morgan fingerprint density at radius 2 is 1.50 bits per heavy atom. The van der Waals surface area contributed by atoms with Gasteiger partial charge in [-0.1, -0.05) is 0 Å². The number of esters is 1. The number of nitro benzene ring substituents is 2. The number of nitrogens with zero attached hydrogens (tertiary/aromatic N) is 4. The number of carbonyl (C=O) groups excluding carboxylic acids is 4. The van der Waals surface area contributed by atoms with E-state index in [4.69, 9.17) is 9.47 Å². The van der Waals surface area contributed by atoms with Crippen molar-refractivity contribution in [2.75, 3.05) is 26.2 Å². The van der Waals surface area contributed by atoms with E-state index in [1.165, 1.54) is 53.4 Å². The van der Waals surface area contributed by atoms with E-state index in [-0.39, 0.29) is 56.9 Å². The molecule has 2 fully saturated rings. The lowest BCUT2D eigenvalue weighted by atomic mass is 9.92. The highest BCUT2D eigenvalue weighted by molar-refractivity contribution is 6.10. The van der Waals surface area contributed by atoms with Crippen LogP contribution in [0.15, 0.2) is 48.5 Å². The van der Waals surface area contributed by atoms with Crippen LogP contribution in [0.25, 0.3) is 0 Å². The third kappa shape index (κ3) is 6.35. The Labute approximate surface area is 239 Å². The minimum atomic E-state index is -2.06. The largest absolute Gasteiger partial charge is 0.459 e. The zero-order valence-electron chi connectivity index (χ0n) is 22.5. The van der Waals surface area contributed by atoms with Crippen LogP contribution in [-0.4, -0.2) is 81.7 Å². The minimum Gasteiger partial charge on any atom is -0.459 e. The Kier molecular flexibility index (Phi) is 9.42. The second-order valence-electron chi connectivity index (χ2n) is 9.85. The van der Waals surface area contributed by atoms with Gasteiger partial charge in [-0.05, 0) is 48.2 Å². The van der Waals surface area contributed by atoms with Crippen LogP contribution >= 0.6 is 0 Å². The third-order valence-corrected chi connectivity index (χ3v) is 7.30. The van der Waals surface area contributed by atoms with E-state index in [1.54, 1.807) is 0 Å². The van der Waals surface area contributed by atoms with E-state index in [0.29, 0.717) is 30.5 Å². The average molecular weight is 584 g/mol. The number of hydrogen-bond acceptors (Lipinski definition) is 11. The molecule has 1 N–H and O–H groups in total. The number of non-ortho nitro benzene ring substituents is 2. The number of nitrogens with one attached hydrogen (secondary N) is 1. The summed E-state index contributed by atoms with van der Waals surface area (Å²) in [4.78, 5) is 75.8. The van der Waals surface area contributed by atoms with E-state index < -0.39 is 39.4 Å². The maximum atomic E-state index is 14.2. The predicted molar refractivity (Wildman–Crippen MR) is 144 cm³/mol. The zero-order chi connectivity index (χ0) is 30.3. The van der Waals surface area contributed by atoms with Gasteiger partial charge in [0.1, 0.15) is 19.5 Å². The summed E-state index contributed by atoms with van der Waals surface area (Å²) in [6.45, 7) is 0.374. The number of nitro groups is 2. The Bertz CT molecular complexity index is 1350. The number of aldehydes is 1. The monoisotopic (exact) mass is 583 g/mol. The predicted octanol–water partition coefficient (Wildman–Crippen LogP) is 2.11. The first-order chi connectivity index (χ1) is 20.2. The molecule has 2 atom stereocenters. The van der Waals surface area contributed by atoms with E-state index >= 15 is 0 Å². The molecule has 2 aliphatic rings. The van der Waals surface area contributed by atoms with Gasteiger partial charge in [-0.3, -0.25) is 29.9 Å². The lowest BCUT2D eigenvalue weighted by Crippen LogP contribution is -2.67. The van der Waals surface area contributed by atoms with Gasteiger partial charge < -0.3 is 24.5 Å². The van der Waals surface area contributed by atoms with Crippen molar-refractivity contribution in [3.05, 3.63) is 79.9 Å². The normalized spacial score (nSPS) is 20.0. The first-order valence-electron chi connectivity index (χ1n) is 13.2. The highest BCUT2D eigenvalue weighted by Gasteiger charge is 2.59. The quantitative estimate of drug-likeness (QED) is 0.142. The van der Waals surface area contributed by atoms with Crippen LogP contribution in [0.3, 0.4) is 0 Å². The Morgan fingerprint density at radius 1 is 0.929 bits per heavy atom. The fraction of sp³-hybridized carbons (Fsp3) is 0.407. The van der Waals surface area contributed by atoms with E-state index in [2.05, 4.69) is 5.32 Å². The summed E-state index contributed by atoms with van der Waals surface area (Å²) in [5.74, 6) is -1.67. The number of amides is 2. The van der Waals surface area contributed by atoms with Crippen molar-refractivity contribution in [3.63, 3.8) is 0 Å². The highest BCUT2D eigenvalue weighted by Crippen LogP contribution is 2.35. The fourth-order valence-corrected chi connectivity index (χ4v) is 5.09. The fourth-order valence-electron chi connectivity index (χ4n) is 5.09. The van der Waals surface area contributed by atoms with Gasteiger partial charge in [-0.2, -0.15) is 0 Å². The van der Waals surface area contributed by atoms with Crippen LogP contribution < -0.4 is 5.32 Å². The van der Waals surface area contributed by atoms with Crippen LogP contribution in [0.1, 0.15) is 30.4 Å². The molecule has 0 radical (unpaired) electrons. The smallest absolute Gasteiger partial charge is 0.411 e. The number of rotatable bonds is 10. The first kappa shape index (κ1) is 30.0. The Hall–Kier alpha value is -4.92. The molecular weight excluding hydrogens is 554 g/mol. The lowest BCUT2D eigenvalue weighted by Gasteiger charge is -2.42. The van der Waals surface area contributed by atoms with Crippen molar-refractivity contribution in [2.45, 2.75) is 44.1 Å². The molecule has 2 aliphatic heterocycles. The van der Waals surface area contributed by atoms with E-state index in [9.17, 15) is 39.4 Å². The number of piperazine rings is 1. The van der Waals surface area contributed by atoms with Crippen LogP contribution in [0.2, 0.25) is 0 Å². The van der Waals surface area contributed by atoms with E-state index in [0.717, 1.165) is 4.90 Å². The maximum Gasteiger partial charge on any atom is 0.411 e. The molecule has 0 aromatic heterocycles. The van der Waals surface area contributed by atoms with Crippen LogP contribution in [0.5, 0.6) is 0 Å². The Balaban J connectivity index is 1.58. The molecule has 0 spiro atoms. The summed E-state index contributed by atoms with van der Waals surface area (Å²) in [6.07, 6.45) is -0.00159. The van der Waals surface area contributed by atoms with Gasteiger partial charge in [-0.25, -0.2) is 9.59 Å². The summed E-state index contributed by atoms with van der Waals surface area (Å²) in [7, 11) is 0. The third-order valence-electron chi connectivity index (χ3n) is 7.30. The molecule has 2 saturated heterocycles. The molecule has 222 valence electrons. The van der Waals surface area contributed by atoms with Crippen LogP contribution in [-0.2, 0) is 37.1 Å². The first-order valence-corrected chi connectivity index (χ1v) is 13.2. The molecule has 2 amide bonds. The van der Waals surface area contributed by atoms with Gasteiger partial charge in [0, 0.05) is 56.9 Å². The summed E-state index contributed by atoms with van der Waals surface area (Å²) in [5.41, 5.74) is -1.45. The average Bonchev–Trinajstić information content (AvgIpc) is 3.45. The molecule has 15 nitrogen and oxygen atoms in total. The van der Waals surface area contributed by atoms with Gasteiger partial charge >= 0.3 is 12.1 Å². The van der Waals surface area contributed by atoms with Crippen molar-refractivity contribution in [1.29, 1.82) is 0 Å². The minimum absolute atomic E-state index is 0.0158. The molecule has 2 aromatic rings. The lowest BCUT2D eigenvalue weighted by molar-refractivity contribution is -0.385. The number of ether oxygens (including phenoxy) is 2. The standard InChI is InChI=1S/C27H29N5O10/c33-15-10-23-16-28-12-14-29(23)24(34)27(25(35)41-17-19-2-6-21(7-3-19)31(37)38)11-1-13-30(27)26(36)42-18-20-4-8-22(9-5-20)32(39)40/h2-9,15,23,28H,1,10-14,16-18H2. The van der Waals surface area contributed by atoms with Crippen molar-refractivity contribution >= 4 is 35.6 Å². The molecule has 0 aliphatic carbocycles. The van der Waals surface area contributed by atoms with Gasteiger partial charge in [0.15, 0.2) is 0 Å². The van der Waals surface area contributed by atoms with Crippen molar-refractivity contribution < 1.29 is 38.5 Å². The van der Waals surface area contributed by atoms with Gasteiger partial charge in [0.2, 0.25) is 5.54 Å². The van der Waals surface area contributed by atoms with E-state index in [1.807, 2.05) is 0 Å². The summed E-state index contributed by atoms with van der Waals surface area (Å²) in [6, 6.07) is 10.2. The van der Waals surface area contributed by atoms with Crippen molar-refractivity contribution in [1.82, 2.24) is 15.1 Å². The van der Waals surface area contributed by atoms with Crippen LogP contribution in [0.4, 0.5) is 16.2 Å². The molecule has 2 heterocycles. The van der Waals surface area contributed by atoms with Gasteiger partial charge in [0.25, 0.3) is 17.3 Å². The van der Waals surface area contributed by atoms with Gasteiger partial charge in [-0.15, -0.1) is 0 Å². The van der Waals surface area contributed by atoms with Crippen molar-refractivity contribution in [2.24, 2.45) is 0 Å². The SMILES string of the molecule is O=CCC1CNCCN1C(=O)C1(C(=O)OCc2ccc([N+](=O)[O-])cc2)CCCN1C(=O)OCc1ccc([N+](=O)[O-])cc1. The molecule has 0 saturated carbocycles. The molecule has 42 heavy (non-hydrogen) atoms. The molecule has 2 unspecified atom stereocenters. The van der Waals surface area contributed by atoms with Crippen molar-refractivity contribution in [3.8, 4) is 0 Å². The van der Waals surface area contributed by atoms with Crippen LogP contribution in [0, 0.1) is 20.2 Å². The highest BCUT2D eigenvalue weighted by atomic mass is 16.6.